The smallest absolute Gasteiger partial charge is 0.241 e. The van der Waals surface area contributed by atoms with Crippen molar-refractivity contribution >= 4 is 21.6 Å². The fraction of sp³-hybridized carbons (Fsp3) is 0.278. The summed E-state index contributed by atoms with van der Waals surface area (Å²) in [5.41, 5.74) is 1.32. The molecule has 0 fully saturated rings. The maximum absolute atomic E-state index is 12.2. The zero-order chi connectivity index (χ0) is 18.4. The van der Waals surface area contributed by atoms with Gasteiger partial charge in [-0.3, -0.25) is 4.79 Å². The average molecular weight is 362 g/mol. The van der Waals surface area contributed by atoms with E-state index in [1.807, 2.05) is 13.8 Å². The Balaban J connectivity index is 2.02. The third-order valence-corrected chi connectivity index (χ3v) is 4.65. The van der Waals surface area contributed by atoms with Crippen LogP contribution >= 0.6 is 0 Å². The van der Waals surface area contributed by atoms with Crippen molar-refractivity contribution in [1.29, 1.82) is 0 Å². The molecule has 0 aliphatic rings. The molecule has 1 amide bonds. The maximum Gasteiger partial charge on any atom is 0.241 e. The van der Waals surface area contributed by atoms with Crippen molar-refractivity contribution in [3.63, 3.8) is 0 Å². The summed E-state index contributed by atoms with van der Waals surface area (Å²) in [6, 6.07) is 13.5. The molecule has 0 aromatic heterocycles. The first-order valence-corrected chi connectivity index (χ1v) is 9.38. The molecule has 0 radical (unpaired) electrons. The van der Waals surface area contributed by atoms with Gasteiger partial charge in [-0.05, 0) is 50.6 Å². The van der Waals surface area contributed by atoms with E-state index in [4.69, 9.17) is 4.74 Å². The number of aryl methyl sites for hydroxylation is 1. The molecule has 6 nitrogen and oxygen atoms in total. The van der Waals surface area contributed by atoms with Crippen LogP contribution in [0.2, 0.25) is 0 Å². The van der Waals surface area contributed by atoms with Gasteiger partial charge in [-0.25, -0.2) is 13.1 Å². The molecule has 0 unspecified atom stereocenters. The van der Waals surface area contributed by atoms with E-state index in [1.165, 1.54) is 6.07 Å². The molecule has 2 N–H and O–H groups in total. The van der Waals surface area contributed by atoms with Gasteiger partial charge < -0.3 is 10.1 Å². The lowest BCUT2D eigenvalue weighted by molar-refractivity contribution is -0.115. The Hall–Kier alpha value is -2.38. The van der Waals surface area contributed by atoms with E-state index in [1.54, 1.807) is 49.4 Å². The van der Waals surface area contributed by atoms with E-state index < -0.39 is 15.9 Å². The molecule has 0 aliphatic heterocycles. The highest BCUT2D eigenvalue weighted by molar-refractivity contribution is 7.89. The summed E-state index contributed by atoms with van der Waals surface area (Å²) in [7, 11) is -3.74. The Kier molecular flexibility index (Phi) is 6.17. The molecule has 2 aromatic rings. The summed E-state index contributed by atoms with van der Waals surface area (Å²) in [6.07, 6.45) is -0.0436. The highest BCUT2D eigenvalue weighted by Gasteiger charge is 2.16. The topological polar surface area (TPSA) is 84.5 Å². The van der Waals surface area contributed by atoms with Crippen LogP contribution in [0.4, 0.5) is 5.69 Å². The minimum Gasteiger partial charge on any atom is -0.489 e. The predicted octanol–water partition coefficient (Wildman–Crippen LogP) is 2.70. The summed E-state index contributed by atoms with van der Waals surface area (Å²) in [5, 5.41) is 2.66. The van der Waals surface area contributed by atoms with E-state index >= 15 is 0 Å². The lowest BCUT2D eigenvalue weighted by Crippen LogP contribution is -2.33. The van der Waals surface area contributed by atoms with Gasteiger partial charge in [0.05, 0.1) is 23.2 Å². The van der Waals surface area contributed by atoms with Crippen molar-refractivity contribution in [2.45, 2.75) is 31.8 Å². The fourth-order valence-electron chi connectivity index (χ4n) is 2.15. The van der Waals surface area contributed by atoms with Crippen molar-refractivity contribution in [1.82, 2.24) is 4.72 Å². The number of carbonyl (C=O) groups excluding carboxylic acids is 1. The van der Waals surface area contributed by atoms with Crippen LogP contribution in [0.15, 0.2) is 53.4 Å². The van der Waals surface area contributed by atoms with Gasteiger partial charge in [0, 0.05) is 0 Å². The van der Waals surface area contributed by atoms with Gasteiger partial charge in [-0.15, -0.1) is 0 Å². The normalized spacial score (nSPS) is 11.4. The summed E-state index contributed by atoms with van der Waals surface area (Å²) in [4.78, 5) is 12.2. The van der Waals surface area contributed by atoms with Crippen LogP contribution in [0.25, 0.3) is 0 Å². The monoisotopic (exact) mass is 362 g/mol. The van der Waals surface area contributed by atoms with Crippen LogP contribution in [0.1, 0.15) is 19.4 Å². The third-order valence-electron chi connectivity index (χ3n) is 3.25. The van der Waals surface area contributed by atoms with Gasteiger partial charge in [-0.2, -0.15) is 0 Å². The zero-order valence-electron chi connectivity index (χ0n) is 14.4. The molecule has 0 bridgehead atoms. The molecule has 0 spiro atoms. The van der Waals surface area contributed by atoms with E-state index in [0.717, 1.165) is 5.56 Å². The lowest BCUT2D eigenvalue weighted by atomic mass is 10.2. The highest BCUT2D eigenvalue weighted by Crippen LogP contribution is 2.24. The molecule has 2 rings (SSSR count). The Morgan fingerprint density at radius 2 is 1.84 bits per heavy atom. The number of sulfonamides is 1. The van der Waals surface area contributed by atoms with Crippen LogP contribution in [0.5, 0.6) is 5.75 Å². The van der Waals surface area contributed by atoms with Crippen molar-refractivity contribution < 1.29 is 17.9 Å². The molecule has 2 aromatic carbocycles. The Morgan fingerprint density at radius 3 is 2.52 bits per heavy atom. The molecule has 0 saturated heterocycles. The predicted molar refractivity (Wildman–Crippen MR) is 97.2 cm³/mol. The second-order valence-electron chi connectivity index (χ2n) is 5.85. The van der Waals surface area contributed by atoms with Crippen LogP contribution in [-0.2, 0) is 14.8 Å². The van der Waals surface area contributed by atoms with Crippen molar-refractivity contribution in [3.8, 4) is 5.75 Å². The van der Waals surface area contributed by atoms with Crippen LogP contribution < -0.4 is 14.8 Å². The summed E-state index contributed by atoms with van der Waals surface area (Å²) >= 11 is 0. The van der Waals surface area contributed by atoms with Gasteiger partial charge in [0.15, 0.2) is 0 Å². The first kappa shape index (κ1) is 19.0. The number of amides is 1. The van der Waals surface area contributed by atoms with Gasteiger partial charge in [0.25, 0.3) is 0 Å². The second kappa shape index (κ2) is 8.13. The summed E-state index contributed by atoms with van der Waals surface area (Å²) < 4.78 is 32.4. The number of carbonyl (C=O) groups is 1. The summed E-state index contributed by atoms with van der Waals surface area (Å²) in [6.45, 7) is 5.20. The minimum atomic E-state index is -3.74. The number of hydrogen-bond donors (Lipinski definition) is 2. The largest absolute Gasteiger partial charge is 0.489 e. The highest BCUT2D eigenvalue weighted by atomic mass is 32.2. The molecule has 25 heavy (non-hydrogen) atoms. The molecule has 7 heteroatoms. The van der Waals surface area contributed by atoms with Gasteiger partial charge >= 0.3 is 0 Å². The van der Waals surface area contributed by atoms with Crippen LogP contribution in [-0.4, -0.2) is 27.0 Å². The molecule has 0 saturated carbocycles. The fourth-order valence-corrected chi connectivity index (χ4v) is 3.23. The van der Waals surface area contributed by atoms with E-state index in [9.17, 15) is 13.2 Å². The molecular formula is C18H22N2O4S. The van der Waals surface area contributed by atoms with E-state index in [-0.39, 0.29) is 17.5 Å². The SMILES string of the molecule is Cc1cccc(S(=O)(=O)NCC(=O)Nc2ccccc2OC(C)C)c1. The molecule has 0 heterocycles. The first-order valence-electron chi connectivity index (χ1n) is 7.90. The number of anilines is 1. The number of hydrogen-bond acceptors (Lipinski definition) is 4. The first-order chi connectivity index (χ1) is 11.8. The van der Waals surface area contributed by atoms with Gasteiger partial charge in [0.2, 0.25) is 15.9 Å². The van der Waals surface area contributed by atoms with E-state index in [0.29, 0.717) is 11.4 Å². The second-order valence-corrected chi connectivity index (χ2v) is 7.62. The third kappa shape index (κ3) is 5.58. The lowest BCUT2D eigenvalue weighted by Gasteiger charge is -2.15. The molecule has 0 aliphatic carbocycles. The minimum absolute atomic E-state index is 0.0436. The van der Waals surface area contributed by atoms with Crippen LogP contribution in [0, 0.1) is 6.92 Å². The standard InChI is InChI=1S/C18H22N2O4S/c1-13(2)24-17-10-5-4-9-16(17)20-18(21)12-19-25(22,23)15-8-6-7-14(3)11-15/h4-11,13,19H,12H2,1-3H3,(H,20,21). The number of nitrogens with one attached hydrogen (secondary N) is 2. The quantitative estimate of drug-likeness (QED) is 0.793. The Morgan fingerprint density at radius 1 is 1.12 bits per heavy atom. The van der Waals surface area contributed by atoms with Gasteiger partial charge in [-0.1, -0.05) is 24.3 Å². The molecule has 134 valence electrons. The molecular weight excluding hydrogens is 340 g/mol. The summed E-state index contributed by atoms with van der Waals surface area (Å²) in [5.74, 6) is 0.0587. The number of para-hydroxylation sites is 2. The zero-order valence-corrected chi connectivity index (χ0v) is 15.3. The Bertz CT molecular complexity index is 848. The Labute approximate surface area is 148 Å². The van der Waals surface area contributed by atoms with E-state index in [2.05, 4.69) is 10.0 Å². The average Bonchev–Trinajstić information content (AvgIpc) is 2.54. The number of benzene rings is 2. The number of ether oxygens (including phenoxy) is 1. The van der Waals surface area contributed by atoms with Crippen molar-refractivity contribution in [2.75, 3.05) is 11.9 Å². The van der Waals surface area contributed by atoms with Crippen molar-refractivity contribution in [3.05, 3.63) is 54.1 Å². The van der Waals surface area contributed by atoms with Gasteiger partial charge in [0.1, 0.15) is 5.75 Å². The molecule has 0 atom stereocenters. The number of rotatable bonds is 7. The van der Waals surface area contributed by atoms with Crippen molar-refractivity contribution in [2.24, 2.45) is 0 Å². The van der Waals surface area contributed by atoms with Crippen LogP contribution in [0.3, 0.4) is 0 Å². The maximum atomic E-state index is 12.2.